The number of hydrogen-bond acceptors (Lipinski definition) is 6. The number of benzene rings is 2. The number of nitrogens with zero attached hydrogens (tertiary/aromatic N) is 3. The molecule has 0 fully saturated rings. The van der Waals surface area contributed by atoms with Crippen molar-refractivity contribution in [2.75, 3.05) is 16.8 Å². The molecule has 1 N–H and O–H groups in total. The lowest BCUT2D eigenvalue weighted by atomic mass is 10.2. The van der Waals surface area contributed by atoms with Crippen molar-refractivity contribution in [2.45, 2.75) is 25.6 Å². The summed E-state index contributed by atoms with van der Waals surface area (Å²) >= 11 is 0.993. The lowest BCUT2D eigenvalue weighted by molar-refractivity contribution is -0.274. The van der Waals surface area contributed by atoms with Gasteiger partial charge in [0.1, 0.15) is 5.75 Å². The number of amides is 2. The van der Waals surface area contributed by atoms with E-state index in [4.69, 9.17) is 5.26 Å². The molecule has 32 heavy (non-hydrogen) atoms. The lowest BCUT2D eigenvalue weighted by Gasteiger charge is -2.21. The quantitative estimate of drug-likeness (QED) is 0.516. The molecule has 0 saturated heterocycles. The van der Waals surface area contributed by atoms with E-state index in [0.29, 0.717) is 15.9 Å². The van der Waals surface area contributed by atoms with Crippen molar-refractivity contribution in [1.82, 2.24) is 4.98 Å². The van der Waals surface area contributed by atoms with Crippen LogP contribution >= 0.6 is 11.3 Å². The van der Waals surface area contributed by atoms with E-state index in [1.165, 1.54) is 17.0 Å². The first-order valence-electron chi connectivity index (χ1n) is 9.44. The summed E-state index contributed by atoms with van der Waals surface area (Å²) in [5, 5.41) is 11.6. The summed E-state index contributed by atoms with van der Waals surface area (Å²) in [6, 6.07) is 14.5. The second-order valence-corrected chi connectivity index (χ2v) is 7.56. The van der Waals surface area contributed by atoms with E-state index in [2.05, 4.69) is 15.0 Å². The Hall–Kier alpha value is -3.65. The normalized spacial score (nSPS) is 11.1. The molecule has 1 heterocycles. The van der Waals surface area contributed by atoms with Gasteiger partial charge in [-0.15, -0.1) is 13.2 Å². The molecule has 0 spiro atoms. The molecule has 0 bridgehead atoms. The molecule has 2 amide bonds. The number of hydrogen-bond donors (Lipinski definition) is 1. The van der Waals surface area contributed by atoms with E-state index in [1.807, 2.05) is 6.07 Å². The second-order valence-electron chi connectivity index (χ2n) is 6.53. The topological polar surface area (TPSA) is 95.3 Å². The van der Waals surface area contributed by atoms with Crippen molar-refractivity contribution >= 4 is 44.2 Å². The number of ether oxygens (including phenoxy) is 1. The number of carbonyl (C=O) groups is 2. The van der Waals surface area contributed by atoms with E-state index >= 15 is 0 Å². The van der Waals surface area contributed by atoms with Crippen LogP contribution in [-0.2, 0) is 9.59 Å². The van der Waals surface area contributed by atoms with Gasteiger partial charge in [0.25, 0.3) is 0 Å². The summed E-state index contributed by atoms with van der Waals surface area (Å²) in [5.41, 5.74) is 1.04. The number of aromatic nitrogens is 1. The van der Waals surface area contributed by atoms with Crippen LogP contribution in [0.5, 0.6) is 5.75 Å². The van der Waals surface area contributed by atoms with E-state index < -0.39 is 12.3 Å². The van der Waals surface area contributed by atoms with Crippen LogP contribution in [0, 0.1) is 11.3 Å². The minimum Gasteiger partial charge on any atom is -0.406 e. The molecule has 0 aliphatic carbocycles. The third-order valence-corrected chi connectivity index (χ3v) is 5.16. The van der Waals surface area contributed by atoms with Crippen molar-refractivity contribution < 1.29 is 27.5 Å². The van der Waals surface area contributed by atoms with Gasteiger partial charge in [0.05, 0.1) is 22.7 Å². The summed E-state index contributed by atoms with van der Waals surface area (Å²) in [6.45, 7) is 0.209. The highest BCUT2D eigenvalue weighted by molar-refractivity contribution is 7.22. The maximum Gasteiger partial charge on any atom is 0.573 e. The fourth-order valence-electron chi connectivity index (χ4n) is 2.86. The Kier molecular flexibility index (Phi) is 7.27. The van der Waals surface area contributed by atoms with Crippen molar-refractivity contribution in [3.8, 4) is 11.8 Å². The van der Waals surface area contributed by atoms with Crippen molar-refractivity contribution in [3.05, 3.63) is 48.5 Å². The van der Waals surface area contributed by atoms with Gasteiger partial charge in [0, 0.05) is 31.1 Å². The predicted octanol–water partition coefficient (Wildman–Crippen LogP) is 4.86. The second kappa shape index (κ2) is 10.1. The Morgan fingerprint density at radius 3 is 2.59 bits per heavy atom. The van der Waals surface area contributed by atoms with Crippen molar-refractivity contribution in [1.29, 1.82) is 5.26 Å². The lowest BCUT2D eigenvalue weighted by Crippen LogP contribution is -2.32. The highest BCUT2D eigenvalue weighted by Crippen LogP contribution is 2.31. The summed E-state index contributed by atoms with van der Waals surface area (Å²) in [4.78, 5) is 30.5. The number of anilines is 2. The number of alkyl halides is 3. The van der Waals surface area contributed by atoms with Crippen LogP contribution in [-0.4, -0.2) is 29.7 Å². The minimum atomic E-state index is -4.80. The van der Waals surface area contributed by atoms with Crippen molar-refractivity contribution in [3.63, 3.8) is 0 Å². The summed E-state index contributed by atoms with van der Waals surface area (Å²) in [6.07, 6.45) is -4.85. The summed E-state index contributed by atoms with van der Waals surface area (Å²) in [5.74, 6) is -1.15. The standard InChI is InChI=1S/C21H17F3N4O3S/c22-21(23,24)31-15-7-8-16-17(13-15)32-20(26-16)27-18(29)9-10-19(30)28(12-4-11-25)14-5-2-1-3-6-14/h1-3,5-8,13H,4,9-10,12H2,(H,26,27,29). The molecule has 0 atom stereocenters. The Morgan fingerprint density at radius 1 is 1.16 bits per heavy atom. The van der Waals surface area contributed by atoms with Crippen LogP contribution in [0.2, 0.25) is 0 Å². The maximum atomic E-state index is 12.6. The zero-order valence-electron chi connectivity index (χ0n) is 16.6. The third-order valence-electron chi connectivity index (χ3n) is 4.22. The fraction of sp³-hybridized carbons (Fsp3) is 0.238. The first-order chi connectivity index (χ1) is 15.2. The zero-order valence-corrected chi connectivity index (χ0v) is 17.4. The third kappa shape index (κ3) is 6.42. The number of nitriles is 1. The number of halogens is 3. The van der Waals surface area contributed by atoms with Gasteiger partial charge in [0.2, 0.25) is 11.8 Å². The van der Waals surface area contributed by atoms with Crippen LogP contribution in [0.25, 0.3) is 10.2 Å². The molecule has 166 valence electrons. The van der Waals surface area contributed by atoms with Crippen LogP contribution in [0.1, 0.15) is 19.3 Å². The minimum absolute atomic E-state index is 0.0827. The Morgan fingerprint density at radius 2 is 1.91 bits per heavy atom. The van der Waals surface area contributed by atoms with Crippen LogP contribution in [0.4, 0.5) is 24.0 Å². The molecule has 2 aromatic carbocycles. The first-order valence-corrected chi connectivity index (χ1v) is 10.3. The average Bonchev–Trinajstić information content (AvgIpc) is 3.13. The Bertz CT molecular complexity index is 1140. The number of thiazole rings is 1. The number of rotatable bonds is 8. The van der Waals surface area contributed by atoms with Crippen molar-refractivity contribution in [2.24, 2.45) is 0 Å². The molecule has 1 aromatic heterocycles. The number of carbonyl (C=O) groups excluding carboxylic acids is 2. The zero-order chi connectivity index (χ0) is 23.1. The molecule has 7 nitrogen and oxygen atoms in total. The molecule has 0 aliphatic heterocycles. The molecule has 11 heteroatoms. The largest absolute Gasteiger partial charge is 0.573 e. The molecule has 3 rings (SSSR count). The van der Waals surface area contributed by atoms with Gasteiger partial charge in [-0.05, 0) is 24.3 Å². The van der Waals surface area contributed by atoms with Gasteiger partial charge in [0.15, 0.2) is 5.13 Å². The van der Waals surface area contributed by atoms with Crippen LogP contribution in [0.15, 0.2) is 48.5 Å². The SMILES string of the molecule is N#CCCN(C(=O)CCC(=O)Nc1nc2ccc(OC(F)(F)F)cc2s1)c1ccccc1. The molecular formula is C21H17F3N4O3S. The van der Waals surface area contributed by atoms with Crippen LogP contribution < -0.4 is 15.0 Å². The highest BCUT2D eigenvalue weighted by atomic mass is 32.1. The molecular weight excluding hydrogens is 445 g/mol. The summed E-state index contributed by atoms with van der Waals surface area (Å²) < 4.78 is 41.4. The molecule has 0 radical (unpaired) electrons. The fourth-order valence-corrected chi connectivity index (χ4v) is 3.77. The Labute approximate surface area is 185 Å². The molecule has 3 aromatic rings. The first kappa shape index (κ1) is 23.0. The molecule has 0 saturated carbocycles. The van der Waals surface area contributed by atoms with Gasteiger partial charge in [-0.2, -0.15) is 5.26 Å². The number of fused-ring (bicyclic) bond motifs is 1. The number of nitrogens with one attached hydrogen (secondary N) is 1. The molecule has 0 unspecified atom stereocenters. The summed E-state index contributed by atoms with van der Waals surface area (Å²) in [7, 11) is 0. The van der Waals surface area contributed by atoms with Gasteiger partial charge in [-0.1, -0.05) is 29.5 Å². The molecule has 0 aliphatic rings. The van der Waals surface area contributed by atoms with Gasteiger partial charge in [-0.3, -0.25) is 9.59 Å². The maximum absolute atomic E-state index is 12.6. The van der Waals surface area contributed by atoms with E-state index in [-0.39, 0.29) is 42.6 Å². The van der Waals surface area contributed by atoms with E-state index in [0.717, 1.165) is 17.4 Å². The van der Waals surface area contributed by atoms with Crippen LogP contribution in [0.3, 0.4) is 0 Å². The Balaban J connectivity index is 1.60. The monoisotopic (exact) mass is 462 g/mol. The van der Waals surface area contributed by atoms with Gasteiger partial charge >= 0.3 is 6.36 Å². The van der Waals surface area contributed by atoms with E-state index in [9.17, 15) is 22.8 Å². The predicted molar refractivity (Wildman–Crippen MR) is 113 cm³/mol. The smallest absolute Gasteiger partial charge is 0.406 e. The average molecular weight is 462 g/mol. The van der Waals surface area contributed by atoms with Gasteiger partial charge < -0.3 is 15.0 Å². The van der Waals surface area contributed by atoms with Gasteiger partial charge in [-0.25, -0.2) is 4.98 Å². The van der Waals surface area contributed by atoms with E-state index in [1.54, 1.807) is 30.3 Å². The highest BCUT2D eigenvalue weighted by Gasteiger charge is 2.31. The number of para-hydroxylation sites is 1.